The van der Waals surface area contributed by atoms with Crippen LogP contribution in [-0.4, -0.2) is 110 Å². The summed E-state index contributed by atoms with van der Waals surface area (Å²) in [7, 11) is 0. The SMILES string of the molecule is CCCCCCCCCCCCCCC/C=C/CCCC(O)C(O)C(COC1OC(CO)C(O)C(O)C1O)NC(=O)C(O)CCCCCCCCCCCCCCCCCCCCCCCCCCCCCCCCCCCCCCCC. The molecule has 0 radical (unpaired) electrons. The lowest BCUT2D eigenvalue weighted by atomic mass is 9.98. The third kappa shape index (κ3) is 48.5. The summed E-state index contributed by atoms with van der Waals surface area (Å²) in [6, 6.07) is -1.18. The Hall–Kier alpha value is -1.15. The van der Waals surface area contributed by atoms with E-state index in [1.807, 2.05) is 0 Å². The van der Waals surface area contributed by atoms with Gasteiger partial charge in [0.05, 0.1) is 25.4 Å². The Balaban J connectivity index is 2.10. The molecule has 1 saturated heterocycles. The van der Waals surface area contributed by atoms with E-state index < -0.39 is 74.2 Å². The second-order valence-corrected chi connectivity index (χ2v) is 26.0. The number of carbonyl (C=O) groups excluding carboxylic acids is 1. The molecule has 0 saturated carbocycles. The molecular formula is C72H141NO10. The molecule has 9 atom stereocenters. The van der Waals surface area contributed by atoms with Gasteiger partial charge in [-0.25, -0.2) is 0 Å². The molecule has 0 bridgehead atoms. The Morgan fingerprint density at radius 1 is 0.410 bits per heavy atom. The van der Waals surface area contributed by atoms with E-state index in [1.165, 1.54) is 295 Å². The lowest BCUT2D eigenvalue weighted by molar-refractivity contribution is -0.303. The van der Waals surface area contributed by atoms with Gasteiger partial charge in [0.15, 0.2) is 6.29 Å². The molecule has 8 N–H and O–H groups in total. The number of rotatable bonds is 65. The monoisotopic (exact) mass is 1180 g/mol. The highest BCUT2D eigenvalue weighted by Gasteiger charge is 2.44. The molecule has 494 valence electrons. The molecule has 0 aliphatic carbocycles. The summed E-state index contributed by atoms with van der Waals surface area (Å²) in [4.78, 5) is 13.2. The van der Waals surface area contributed by atoms with Crippen molar-refractivity contribution in [3.63, 3.8) is 0 Å². The fourth-order valence-electron chi connectivity index (χ4n) is 12.2. The van der Waals surface area contributed by atoms with E-state index in [0.29, 0.717) is 12.8 Å². The summed E-state index contributed by atoms with van der Waals surface area (Å²) >= 11 is 0. The normalized spacial score (nSPS) is 19.0. The zero-order valence-corrected chi connectivity index (χ0v) is 54.7. The van der Waals surface area contributed by atoms with E-state index in [2.05, 4.69) is 31.3 Å². The Kier molecular flexibility index (Phi) is 58.8. The molecule has 0 spiro atoms. The van der Waals surface area contributed by atoms with Crippen molar-refractivity contribution in [2.75, 3.05) is 13.2 Å². The zero-order chi connectivity index (χ0) is 60.3. The Bertz CT molecular complexity index is 1350. The van der Waals surface area contributed by atoms with Crippen molar-refractivity contribution in [3.05, 3.63) is 12.2 Å². The lowest BCUT2D eigenvalue weighted by Gasteiger charge is -2.40. The summed E-state index contributed by atoms with van der Waals surface area (Å²) in [6.45, 7) is 3.50. The van der Waals surface area contributed by atoms with Crippen LogP contribution in [0.15, 0.2) is 12.2 Å². The summed E-state index contributed by atoms with van der Waals surface area (Å²) in [5.74, 6) is -0.698. The van der Waals surface area contributed by atoms with Crippen LogP contribution in [0.3, 0.4) is 0 Å². The quantitative estimate of drug-likeness (QED) is 0.0215. The molecule has 1 aliphatic heterocycles. The van der Waals surface area contributed by atoms with Crippen molar-refractivity contribution in [1.82, 2.24) is 5.32 Å². The molecule has 1 amide bonds. The first-order valence-electron chi connectivity index (χ1n) is 36.6. The summed E-state index contributed by atoms with van der Waals surface area (Å²) in [6.07, 6.45) is 64.7. The first-order valence-corrected chi connectivity index (χ1v) is 36.6. The van der Waals surface area contributed by atoms with Gasteiger partial charge < -0.3 is 50.5 Å². The summed E-state index contributed by atoms with van der Waals surface area (Å²) in [5.41, 5.74) is 0. The van der Waals surface area contributed by atoms with Gasteiger partial charge in [-0.3, -0.25) is 4.79 Å². The van der Waals surface area contributed by atoms with Crippen LogP contribution in [0.25, 0.3) is 0 Å². The van der Waals surface area contributed by atoms with Crippen molar-refractivity contribution in [3.8, 4) is 0 Å². The standard InChI is InChI=1S/C72H141NO10/c1-3-5-7-9-11-13-15-17-19-21-23-24-25-26-27-28-29-30-31-32-33-34-35-36-37-38-39-40-41-42-44-46-48-50-52-54-56-58-60-65(76)71(81)73-63(62-82-72-70(80)69(79)68(78)66(61-74)83-72)67(77)64(75)59-57-55-53-51-49-47-45-43-22-20-18-16-14-12-10-8-6-4-2/h51,53,63-70,72,74-80H,3-50,52,54-62H2,1-2H3,(H,73,81)/b53-51+. The molecular weight excluding hydrogens is 1040 g/mol. The van der Waals surface area contributed by atoms with Crippen LogP contribution in [0.4, 0.5) is 0 Å². The minimum atomic E-state index is -1.67. The zero-order valence-electron chi connectivity index (χ0n) is 54.7. The molecule has 11 nitrogen and oxygen atoms in total. The van der Waals surface area contributed by atoms with Crippen LogP contribution in [0.1, 0.15) is 373 Å². The van der Waals surface area contributed by atoms with E-state index in [0.717, 1.165) is 38.5 Å². The molecule has 83 heavy (non-hydrogen) atoms. The maximum atomic E-state index is 13.2. The topological polar surface area (TPSA) is 189 Å². The highest BCUT2D eigenvalue weighted by atomic mass is 16.7. The Labute approximate surface area is 512 Å². The fraction of sp³-hybridized carbons (Fsp3) is 0.958. The van der Waals surface area contributed by atoms with Gasteiger partial charge >= 0.3 is 0 Å². The molecule has 1 fully saturated rings. The molecule has 0 aromatic heterocycles. The van der Waals surface area contributed by atoms with Crippen LogP contribution in [0.5, 0.6) is 0 Å². The number of carbonyl (C=O) groups is 1. The average Bonchev–Trinajstić information content (AvgIpc) is 3.65. The van der Waals surface area contributed by atoms with E-state index in [1.54, 1.807) is 0 Å². The first-order chi connectivity index (χ1) is 40.7. The largest absolute Gasteiger partial charge is 0.394 e. The van der Waals surface area contributed by atoms with Crippen molar-refractivity contribution >= 4 is 5.91 Å². The number of aliphatic hydroxyl groups is 7. The van der Waals surface area contributed by atoms with Gasteiger partial charge in [0.1, 0.15) is 36.6 Å². The van der Waals surface area contributed by atoms with Crippen LogP contribution in [-0.2, 0) is 14.3 Å². The number of unbranched alkanes of at least 4 members (excludes halogenated alkanes) is 51. The lowest BCUT2D eigenvalue weighted by Crippen LogP contribution is -2.60. The van der Waals surface area contributed by atoms with Crippen molar-refractivity contribution in [2.24, 2.45) is 0 Å². The van der Waals surface area contributed by atoms with Gasteiger partial charge in [-0.05, 0) is 38.5 Å². The van der Waals surface area contributed by atoms with Crippen LogP contribution < -0.4 is 5.32 Å². The van der Waals surface area contributed by atoms with Gasteiger partial charge in [-0.15, -0.1) is 0 Å². The minimum Gasteiger partial charge on any atom is -0.394 e. The summed E-state index contributed by atoms with van der Waals surface area (Å²) < 4.78 is 11.2. The van der Waals surface area contributed by atoms with E-state index >= 15 is 0 Å². The molecule has 1 aliphatic rings. The number of ether oxygens (including phenoxy) is 2. The minimum absolute atomic E-state index is 0.260. The molecule has 0 aromatic rings. The fourth-order valence-corrected chi connectivity index (χ4v) is 12.2. The van der Waals surface area contributed by atoms with Gasteiger partial charge in [0.2, 0.25) is 5.91 Å². The van der Waals surface area contributed by atoms with Gasteiger partial charge in [0.25, 0.3) is 0 Å². The smallest absolute Gasteiger partial charge is 0.249 e. The van der Waals surface area contributed by atoms with Crippen LogP contribution in [0, 0.1) is 0 Å². The number of allylic oxidation sites excluding steroid dienone is 2. The van der Waals surface area contributed by atoms with E-state index in [-0.39, 0.29) is 12.8 Å². The third-order valence-corrected chi connectivity index (χ3v) is 18.1. The number of aliphatic hydroxyl groups excluding tert-OH is 7. The van der Waals surface area contributed by atoms with Crippen molar-refractivity contribution in [2.45, 2.75) is 428 Å². The predicted octanol–water partition coefficient (Wildman–Crippen LogP) is 17.8. The number of hydrogen-bond acceptors (Lipinski definition) is 10. The molecule has 9 unspecified atom stereocenters. The number of nitrogens with one attached hydrogen (secondary N) is 1. The number of hydrogen-bond donors (Lipinski definition) is 8. The van der Waals surface area contributed by atoms with Crippen LogP contribution in [0.2, 0.25) is 0 Å². The maximum absolute atomic E-state index is 13.2. The Morgan fingerprint density at radius 2 is 0.711 bits per heavy atom. The third-order valence-electron chi connectivity index (χ3n) is 18.1. The number of amides is 1. The van der Waals surface area contributed by atoms with Crippen molar-refractivity contribution in [1.29, 1.82) is 0 Å². The van der Waals surface area contributed by atoms with Crippen molar-refractivity contribution < 1.29 is 50.0 Å². The highest BCUT2D eigenvalue weighted by molar-refractivity contribution is 5.80. The van der Waals surface area contributed by atoms with Gasteiger partial charge in [-0.2, -0.15) is 0 Å². The maximum Gasteiger partial charge on any atom is 0.249 e. The average molecular weight is 1180 g/mol. The van der Waals surface area contributed by atoms with E-state index in [4.69, 9.17) is 9.47 Å². The highest BCUT2D eigenvalue weighted by Crippen LogP contribution is 2.24. The molecule has 11 heteroatoms. The van der Waals surface area contributed by atoms with Gasteiger partial charge in [0, 0.05) is 0 Å². The molecule has 1 heterocycles. The van der Waals surface area contributed by atoms with E-state index in [9.17, 15) is 40.5 Å². The van der Waals surface area contributed by atoms with Crippen LogP contribution >= 0.6 is 0 Å². The second-order valence-electron chi connectivity index (χ2n) is 26.0. The Morgan fingerprint density at radius 3 is 1.04 bits per heavy atom. The second kappa shape index (κ2) is 61.1. The van der Waals surface area contributed by atoms with Gasteiger partial charge in [-0.1, -0.05) is 347 Å². The predicted molar refractivity (Wildman–Crippen MR) is 349 cm³/mol. The first kappa shape index (κ1) is 79.9. The summed E-state index contributed by atoms with van der Waals surface area (Å²) in [5, 5.41) is 76.4. The molecule has 0 aromatic carbocycles. The molecule has 1 rings (SSSR count).